The van der Waals surface area contributed by atoms with Gasteiger partial charge in [0.2, 0.25) is 5.95 Å². The van der Waals surface area contributed by atoms with E-state index in [0.717, 1.165) is 86.8 Å². The predicted molar refractivity (Wildman–Crippen MR) is 143 cm³/mol. The SMILES string of the molecule is O=C(c1cc2cc(Nc3nccc(-c4ccccn4)n3)ccc2[nH]1)N1CCC(CN2CCOCC2)CC1. The molecule has 190 valence electrons. The number of pyridine rings is 1. The third-order valence-corrected chi connectivity index (χ3v) is 7.21. The molecule has 0 bridgehead atoms. The van der Waals surface area contributed by atoms with Crippen molar-refractivity contribution in [2.24, 2.45) is 5.92 Å². The zero-order valence-electron chi connectivity index (χ0n) is 20.8. The molecule has 1 aromatic carbocycles. The summed E-state index contributed by atoms with van der Waals surface area (Å²) in [6.45, 7) is 6.43. The van der Waals surface area contributed by atoms with Crippen LogP contribution in [0.1, 0.15) is 23.3 Å². The normalized spacial score (nSPS) is 17.2. The Hall–Kier alpha value is -3.82. The van der Waals surface area contributed by atoms with Crippen molar-refractivity contribution in [3.8, 4) is 11.4 Å². The standard InChI is InChI=1S/C28H31N7O2/c36-27(35-11-7-20(8-12-35)19-34-13-15-37-16-14-34)26-18-21-17-22(4-5-23(21)32-26)31-28-30-10-6-25(33-28)24-3-1-2-9-29-24/h1-6,9-10,17-18,20,32H,7-8,11-16,19H2,(H,30,31,33). The quantitative estimate of drug-likeness (QED) is 0.416. The molecule has 0 saturated carbocycles. The Balaban J connectivity index is 1.10. The zero-order chi connectivity index (χ0) is 25.0. The fourth-order valence-electron chi connectivity index (χ4n) is 5.17. The molecule has 37 heavy (non-hydrogen) atoms. The highest BCUT2D eigenvalue weighted by molar-refractivity contribution is 5.98. The van der Waals surface area contributed by atoms with E-state index in [2.05, 4.69) is 30.2 Å². The van der Waals surface area contributed by atoms with Crippen molar-refractivity contribution in [3.05, 3.63) is 66.6 Å². The number of morpholine rings is 1. The largest absolute Gasteiger partial charge is 0.379 e. The number of amides is 1. The van der Waals surface area contributed by atoms with Crippen LogP contribution in [0.3, 0.4) is 0 Å². The molecule has 6 rings (SSSR count). The third kappa shape index (κ3) is 5.47. The first-order valence-corrected chi connectivity index (χ1v) is 12.9. The Labute approximate surface area is 215 Å². The fourth-order valence-corrected chi connectivity index (χ4v) is 5.17. The van der Waals surface area contributed by atoms with E-state index in [0.29, 0.717) is 17.6 Å². The number of rotatable bonds is 6. The summed E-state index contributed by atoms with van der Waals surface area (Å²) in [5.41, 5.74) is 3.96. The number of anilines is 2. The van der Waals surface area contributed by atoms with E-state index in [4.69, 9.17) is 4.74 Å². The van der Waals surface area contributed by atoms with Gasteiger partial charge < -0.3 is 19.9 Å². The van der Waals surface area contributed by atoms with Gasteiger partial charge in [-0.05, 0) is 61.2 Å². The Morgan fingerprint density at radius 2 is 1.84 bits per heavy atom. The van der Waals surface area contributed by atoms with Crippen LogP contribution in [0, 0.1) is 5.92 Å². The van der Waals surface area contributed by atoms with Gasteiger partial charge in [0, 0.05) is 61.7 Å². The highest BCUT2D eigenvalue weighted by atomic mass is 16.5. The van der Waals surface area contributed by atoms with Crippen molar-refractivity contribution >= 4 is 28.4 Å². The molecule has 5 heterocycles. The van der Waals surface area contributed by atoms with Crippen molar-refractivity contribution in [2.45, 2.75) is 12.8 Å². The summed E-state index contributed by atoms with van der Waals surface area (Å²) in [6.07, 6.45) is 5.57. The minimum absolute atomic E-state index is 0.0712. The number of nitrogens with one attached hydrogen (secondary N) is 2. The maximum absolute atomic E-state index is 13.2. The molecule has 2 saturated heterocycles. The van der Waals surface area contributed by atoms with Gasteiger partial charge in [-0.1, -0.05) is 6.07 Å². The average Bonchev–Trinajstić information content (AvgIpc) is 3.38. The summed E-state index contributed by atoms with van der Waals surface area (Å²) >= 11 is 0. The van der Waals surface area contributed by atoms with E-state index in [1.54, 1.807) is 12.4 Å². The number of hydrogen-bond acceptors (Lipinski definition) is 7. The number of ether oxygens (including phenoxy) is 1. The topological polar surface area (TPSA) is 99.3 Å². The molecule has 0 unspecified atom stereocenters. The van der Waals surface area contributed by atoms with Gasteiger partial charge in [-0.25, -0.2) is 9.97 Å². The minimum Gasteiger partial charge on any atom is -0.379 e. The molecular weight excluding hydrogens is 466 g/mol. The number of H-pyrrole nitrogens is 1. The first kappa shape index (κ1) is 23.6. The van der Waals surface area contributed by atoms with Gasteiger partial charge in [0.05, 0.1) is 24.6 Å². The molecule has 0 radical (unpaired) electrons. The van der Waals surface area contributed by atoms with Crippen LogP contribution >= 0.6 is 0 Å². The van der Waals surface area contributed by atoms with Crippen LogP contribution in [-0.2, 0) is 4.74 Å². The minimum atomic E-state index is 0.0712. The molecule has 0 atom stereocenters. The number of carbonyl (C=O) groups is 1. The summed E-state index contributed by atoms with van der Waals surface area (Å²) in [6, 6.07) is 15.5. The number of piperidine rings is 1. The lowest BCUT2D eigenvalue weighted by atomic mass is 9.96. The molecule has 0 spiro atoms. The number of carbonyl (C=O) groups excluding carboxylic acids is 1. The number of likely N-dealkylation sites (tertiary alicyclic amines) is 1. The highest BCUT2D eigenvalue weighted by Gasteiger charge is 2.26. The van der Waals surface area contributed by atoms with Crippen LogP contribution in [-0.4, -0.2) is 81.6 Å². The van der Waals surface area contributed by atoms with Crippen LogP contribution in [0.4, 0.5) is 11.6 Å². The monoisotopic (exact) mass is 497 g/mol. The predicted octanol–water partition coefficient (Wildman–Crippen LogP) is 3.95. The Kier molecular flexibility index (Phi) is 6.79. The molecule has 2 N–H and O–H groups in total. The van der Waals surface area contributed by atoms with Gasteiger partial charge >= 0.3 is 0 Å². The van der Waals surface area contributed by atoms with Crippen molar-refractivity contribution in [2.75, 3.05) is 51.3 Å². The number of fused-ring (bicyclic) bond motifs is 1. The number of nitrogens with zero attached hydrogens (tertiary/aromatic N) is 5. The lowest BCUT2D eigenvalue weighted by Gasteiger charge is -2.35. The van der Waals surface area contributed by atoms with E-state index in [1.807, 2.05) is 53.4 Å². The first-order chi connectivity index (χ1) is 18.2. The highest BCUT2D eigenvalue weighted by Crippen LogP contribution is 2.25. The summed E-state index contributed by atoms with van der Waals surface area (Å²) in [7, 11) is 0. The van der Waals surface area contributed by atoms with Crippen LogP contribution in [0.2, 0.25) is 0 Å². The summed E-state index contributed by atoms with van der Waals surface area (Å²) in [5.74, 6) is 1.22. The molecule has 4 aromatic rings. The molecule has 2 aliphatic rings. The Morgan fingerprint density at radius 1 is 0.973 bits per heavy atom. The summed E-state index contributed by atoms with van der Waals surface area (Å²) < 4.78 is 5.46. The lowest BCUT2D eigenvalue weighted by Crippen LogP contribution is -2.44. The summed E-state index contributed by atoms with van der Waals surface area (Å²) in [4.78, 5) is 34.3. The number of benzene rings is 1. The van der Waals surface area contributed by atoms with E-state index >= 15 is 0 Å². The van der Waals surface area contributed by atoms with Crippen LogP contribution in [0.15, 0.2) is 60.9 Å². The van der Waals surface area contributed by atoms with E-state index in [1.165, 1.54) is 0 Å². The number of hydrogen-bond donors (Lipinski definition) is 2. The van der Waals surface area contributed by atoms with E-state index in [9.17, 15) is 4.79 Å². The molecule has 9 heteroatoms. The number of aromatic nitrogens is 4. The molecule has 3 aromatic heterocycles. The molecule has 0 aliphatic carbocycles. The second-order valence-corrected chi connectivity index (χ2v) is 9.74. The summed E-state index contributed by atoms with van der Waals surface area (Å²) in [5, 5.41) is 4.24. The van der Waals surface area contributed by atoms with Crippen LogP contribution < -0.4 is 5.32 Å². The molecular formula is C28H31N7O2. The van der Waals surface area contributed by atoms with Gasteiger partial charge in [-0.2, -0.15) is 0 Å². The van der Waals surface area contributed by atoms with E-state index in [-0.39, 0.29) is 5.91 Å². The van der Waals surface area contributed by atoms with Gasteiger partial charge in [-0.15, -0.1) is 0 Å². The van der Waals surface area contributed by atoms with Gasteiger partial charge in [0.1, 0.15) is 5.69 Å². The molecule has 2 aliphatic heterocycles. The Morgan fingerprint density at radius 3 is 2.65 bits per heavy atom. The molecule has 9 nitrogen and oxygen atoms in total. The zero-order valence-corrected chi connectivity index (χ0v) is 20.8. The van der Waals surface area contributed by atoms with Gasteiger partial charge in [0.15, 0.2) is 0 Å². The number of aromatic amines is 1. The van der Waals surface area contributed by atoms with Gasteiger partial charge in [-0.3, -0.25) is 14.7 Å². The average molecular weight is 498 g/mol. The van der Waals surface area contributed by atoms with Crippen molar-refractivity contribution in [1.82, 2.24) is 29.7 Å². The third-order valence-electron chi connectivity index (χ3n) is 7.21. The molecule has 1 amide bonds. The smallest absolute Gasteiger partial charge is 0.270 e. The molecule has 2 fully saturated rings. The van der Waals surface area contributed by atoms with Crippen molar-refractivity contribution < 1.29 is 9.53 Å². The van der Waals surface area contributed by atoms with Gasteiger partial charge in [0.25, 0.3) is 5.91 Å². The van der Waals surface area contributed by atoms with E-state index < -0.39 is 0 Å². The second kappa shape index (κ2) is 10.7. The second-order valence-electron chi connectivity index (χ2n) is 9.74. The van der Waals surface area contributed by atoms with Crippen molar-refractivity contribution in [3.63, 3.8) is 0 Å². The first-order valence-electron chi connectivity index (χ1n) is 12.9. The van der Waals surface area contributed by atoms with Crippen molar-refractivity contribution in [1.29, 1.82) is 0 Å². The lowest BCUT2D eigenvalue weighted by molar-refractivity contribution is 0.0242. The van der Waals surface area contributed by atoms with Crippen LogP contribution in [0.25, 0.3) is 22.3 Å². The maximum Gasteiger partial charge on any atom is 0.270 e. The Bertz CT molecular complexity index is 1360. The van der Waals surface area contributed by atoms with Crippen LogP contribution in [0.5, 0.6) is 0 Å². The maximum atomic E-state index is 13.2. The fraction of sp³-hybridized carbons (Fsp3) is 0.357.